The van der Waals surface area contributed by atoms with E-state index < -0.39 is 0 Å². The van der Waals surface area contributed by atoms with Crippen molar-refractivity contribution >= 4 is 5.91 Å². The lowest BCUT2D eigenvalue weighted by Gasteiger charge is -2.22. The van der Waals surface area contributed by atoms with Crippen LogP contribution in [0.5, 0.6) is 0 Å². The predicted octanol–water partition coefficient (Wildman–Crippen LogP) is 1.48. The van der Waals surface area contributed by atoms with Crippen LogP contribution < -0.4 is 0 Å². The molecular formula is C10H19NO2. The van der Waals surface area contributed by atoms with Crippen LogP contribution in [-0.2, 0) is 9.53 Å². The average Bonchev–Trinajstić information content (AvgIpc) is 2.52. The summed E-state index contributed by atoms with van der Waals surface area (Å²) in [5.74, 6) is 0.194. The molecule has 76 valence electrons. The van der Waals surface area contributed by atoms with E-state index in [0.717, 1.165) is 6.42 Å². The van der Waals surface area contributed by atoms with Gasteiger partial charge in [-0.25, -0.2) is 0 Å². The minimum Gasteiger partial charge on any atom is -0.364 e. The summed E-state index contributed by atoms with van der Waals surface area (Å²) in [6.07, 6.45) is 0.979. The molecule has 1 atom stereocenters. The van der Waals surface area contributed by atoms with Gasteiger partial charge in [-0.1, -0.05) is 20.8 Å². The summed E-state index contributed by atoms with van der Waals surface area (Å²) >= 11 is 0. The van der Waals surface area contributed by atoms with Crippen LogP contribution in [0.15, 0.2) is 0 Å². The number of hydrogen-bond donors (Lipinski definition) is 0. The quantitative estimate of drug-likeness (QED) is 0.623. The lowest BCUT2D eigenvalue weighted by atomic mass is 9.97. The Kier molecular flexibility index (Phi) is 2.41. The SMILES string of the molecule is COCN(C)C(=O)C1(C)CC1(C)C. The first-order valence-electron chi connectivity index (χ1n) is 4.60. The molecule has 0 heterocycles. The molecule has 0 aromatic carbocycles. The van der Waals surface area contributed by atoms with Gasteiger partial charge in [-0.05, 0) is 11.8 Å². The van der Waals surface area contributed by atoms with E-state index in [1.165, 1.54) is 0 Å². The fourth-order valence-corrected chi connectivity index (χ4v) is 1.88. The second kappa shape index (κ2) is 2.98. The molecule has 3 nitrogen and oxygen atoms in total. The number of rotatable bonds is 3. The molecule has 1 saturated carbocycles. The molecule has 3 heteroatoms. The zero-order valence-corrected chi connectivity index (χ0v) is 9.18. The third-order valence-electron chi connectivity index (χ3n) is 3.31. The van der Waals surface area contributed by atoms with Crippen molar-refractivity contribution in [3.8, 4) is 0 Å². The molecule has 0 bridgehead atoms. The molecule has 0 spiro atoms. The molecule has 1 fully saturated rings. The molecule has 0 saturated heterocycles. The van der Waals surface area contributed by atoms with Crippen LogP contribution in [0.1, 0.15) is 27.2 Å². The molecule has 1 aliphatic carbocycles. The standard InChI is InChI=1S/C10H19NO2/c1-9(2)6-10(9,3)8(12)11(4)7-13-5/h6-7H2,1-5H3. The number of carbonyl (C=O) groups excluding carboxylic acids is 1. The van der Waals surface area contributed by atoms with Crippen LogP contribution in [-0.4, -0.2) is 31.7 Å². The lowest BCUT2D eigenvalue weighted by molar-refractivity contribution is -0.140. The van der Waals surface area contributed by atoms with E-state index in [4.69, 9.17) is 4.74 Å². The third-order valence-corrected chi connectivity index (χ3v) is 3.31. The highest BCUT2D eigenvalue weighted by Crippen LogP contribution is 2.63. The Morgan fingerprint density at radius 3 is 2.23 bits per heavy atom. The molecule has 1 unspecified atom stereocenters. The molecule has 1 amide bonds. The van der Waals surface area contributed by atoms with E-state index in [1.807, 2.05) is 6.92 Å². The highest BCUT2D eigenvalue weighted by Gasteiger charge is 2.63. The summed E-state index contributed by atoms with van der Waals surface area (Å²) in [6.45, 7) is 6.67. The molecular weight excluding hydrogens is 166 g/mol. The first-order valence-corrected chi connectivity index (χ1v) is 4.60. The van der Waals surface area contributed by atoms with Crippen LogP contribution in [0, 0.1) is 10.8 Å². The summed E-state index contributed by atoms with van der Waals surface area (Å²) in [7, 11) is 3.38. The normalized spacial score (nSPS) is 29.9. The van der Waals surface area contributed by atoms with E-state index in [9.17, 15) is 4.79 Å². The molecule has 0 N–H and O–H groups in total. The molecule has 0 aromatic rings. The van der Waals surface area contributed by atoms with Gasteiger partial charge in [0.15, 0.2) is 0 Å². The van der Waals surface area contributed by atoms with Gasteiger partial charge in [-0.2, -0.15) is 0 Å². The topological polar surface area (TPSA) is 29.5 Å². The van der Waals surface area contributed by atoms with Crippen molar-refractivity contribution < 1.29 is 9.53 Å². The van der Waals surface area contributed by atoms with Gasteiger partial charge in [0.05, 0.1) is 5.41 Å². The Bertz CT molecular complexity index is 225. The zero-order valence-electron chi connectivity index (χ0n) is 9.18. The molecule has 1 aliphatic rings. The van der Waals surface area contributed by atoms with Crippen LogP contribution in [0.3, 0.4) is 0 Å². The lowest BCUT2D eigenvalue weighted by Crippen LogP contribution is -2.36. The maximum atomic E-state index is 11.9. The highest BCUT2D eigenvalue weighted by molar-refractivity contribution is 5.86. The van der Waals surface area contributed by atoms with Crippen molar-refractivity contribution in [2.75, 3.05) is 20.9 Å². The second-order valence-electron chi connectivity index (χ2n) is 4.81. The fraction of sp³-hybridized carbons (Fsp3) is 0.900. The van der Waals surface area contributed by atoms with Gasteiger partial charge in [0.25, 0.3) is 0 Å². The number of hydrogen-bond acceptors (Lipinski definition) is 2. The van der Waals surface area contributed by atoms with Gasteiger partial charge < -0.3 is 9.64 Å². The van der Waals surface area contributed by atoms with Crippen molar-refractivity contribution in [2.24, 2.45) is 10.8 Å². The zero-order chi connectivity index (χ0) is 10.3. The smallest absolute Gasteiger partial charge is 0.230 e. The van der Waals surface area contributed by atoms with Crippen LogP contribution >= 0.6 is 0 Å². The highest BCUT2D eigenvalue weighted by atomic mass is 16.5. The number of nitrogens with zero attached hydrogens (tertiary/aromatic N) is 1. The number of ether oxygens (including phenoxy) is 1. The Hall–Kier alpha value is -0.570. The van der Waals surface area contributed by atoms with E-state index in [1.54, 1.807) is 19.1 Å². The van der Waals surface area contributed by atoms with E-state index in [-0.39, 0.29) is 16.7 Å². The summed E-state index contributed by atoms with van der Waals surface area (Å²) in [5, 5.41) is 0. The minimum absolute atomic E-state index is 0.159. The monoisotopic (exact) mass is 185 g/mol. The maximum Gasteiger partial charge on any atom is 0.230 e. The van der Waals surface area contributed by atoms with Crippen molar-refractivity contribution in [2.45, 2.75) is 27.2 Å². The van der Waals surface area contributed by atoms with Crippen molar-refractivity contribution in [3.63, 3.8) is 0 Å². The van der Waals surface area contributed by atoms with E-state index >= 15 is 0 Å². The molecule has 0 aromatic heterocycles. The van der Waals surface area contributed by atoms with Crippen LogP contribution in [0.4, 0.5) is 0 Å². The van der Waals surface area contributed by atoms with Gasteiger partial charge in [-0.15, -0.1) is 0 Å². The van der Waals surface area contributed by atoms with Crippen molar-refractivity contribution in [3.05, 3.63) is 0 Å². The number of methoxy groups -OCH3 is 1. The maximum absolute atomic E-state index is 11.9. The number of carbonyl (C=O) groups is 1. The average molecular weight is 185 g/mol. The Labute approximate surface area is 80.1 Å². The Balaban J connectivity index is 2.60. The van der Waals surface area contributed by atoms with Gasteiger partial charge in [0, 0.05) is 14.2 Å². The predicted molar refractivity (Wildman–Crippen MR) is 51.2 cm³/mol. The van der Waals surface area contributed by atoms with Crippen LogP contribution in [0.25, 0.3) is 0 Å². The molecule has 0 radical (unpaired) electrons. The van der Waals surface area contributed by atoms with Crippen LogP contribution in [0.2, 0.25) is 0 Å². The third kappa shape index (κ3) is 1.57. The first-order chi connectivity index (χ1) is 5.85. The first kappa shape index (κ1) is 10.5. The fourth-order valence-electron chi connectivity index (χ4n) is 1.88. The molecule has 0 aliphatic heterocycles. The van der Waals surface area contributed by atoms with E-state index in [0.29, 0.717) is 6.73 Å². The Morgan fingerprint density at radius 2 is 1.92 bits per heavy atom. The second-order valence-corrected chi connectivity index (χ2v) is 4.81. The van der Waals surface area contributed by atoms with Gasteiger partial charge in [-0.3, -0.25) is 4.79 Å². The van der Waals surface area contributed by atoms with E-state index in [2.05, 4.69) is 13.8 Å². The molecule has 13 heavy (non-hydrogen) atoms. The summed E-state index contributed by atoms with van der Waals surface area (Å²) in [5.41, 5.74) is -0.00757. The van der Waals surface area contributed by atoms with Gasteiger partial charge >= 0.3 is 0 Å². The van der Waals surface area contributed by atoms with Crippen molar-refractivity contribution in [1.29, 1.82) is 0 Å². The largest absolute Gasteiger partial charge is 0.364 e. The summed E-state index contributed by atoms with van der Waals surface area (Å²) in [6, 6.07) is 0. The Morgan fingerprint density at radius 1 is 1.46 bits per heavy atom. The van der Waals surface area contributed by atoms with Crippen molar-refractivity contribution in [1.82, 2.24) is 4.90 Å². The van der Waals surface area contributed by atoms with Gasteiger partial charge in [0.1, 0.15) is 6.73 Å². The van der Waals surface area contributed by atoms with Gasteiger partial charge in [0.2, 0.25) is 5.91 Å². The summed E-state index contributed by atoms with van der Waals surface area (Å²) < 4.78 is 4.92. The summed E-state index contributed by atoms with van der Waals surface area (Å²) in [4.78, 5) is 13.5. The molecule has 1 rings (SSSR count). The minimum atomic E-state index is -0.166. The number of amides is 1.